The van der Waals surface area contributed by atoms with Gasteiger partial charge in [-0.05, 0) is 0 Å². The third-order valence-corrected chi connectivity index (χ3v) is 2.51. The van der Waals surface area contributed by atoms with Gasteiger partial charge in [0.15, 0.2) is 23.3 Å². The number of carbonyl (C=O) groups is 1. The number of carbonyl (C=O) groups excluding carboxylic acids is 1. The van der Waals surface area contributed by atoms with Crippen molar-refractivity contribution in [1.29, 1.82) is 0 Å². The number of ether oxygens (including phenoxy) is 1. The fourth-order valence-corrected chi connectivity index (χ4v) is 1.44. The maximum Gasteiger partial charge on any atom is 0.308 e. The molecule has 0 fully saturated rings. The van der Waals surface area contributed by atoms with Crippen molar-refractivity contribution in [2.45, 2.75) is 18.6 Å². The summed E-state index contributed by atoms with van der Waals surface area (Å²) in [5, 5.41) is 18.8. The minimum Gasteiger partial charge on any atom is -0.469 e. The Bertz CT molecular complexity index is 505. The Kier molecular flexibility index (Phi) is 5.01. The first-order chi connectivity index (χ1) is 9.22. The lowest BCUT2D eigenvalue weighted by Gasteiger charge is -2.19. The standard InChI is InChI=1S/C11H9F5O4/c1-20-4(18)2-3(17)11(19)5-6(12)8(14)10(16)9(15)7(5)13/h3,11,17,19H,2H2,1H3. The van der Waals surface area contributed by atoms with Crippen LogP contribution < -0.4 is 0 Å². The molecule has 9 heteroatoms. The third kappa shape index (κ3) is 2.88. The molecule has 0 saturated heterocycles. The van der Waals surface area contributed by atoms with E-state index >= 15 is 0 Å². The fraction of sp³-hybridized carbons (Fsp3) is 0.364. The topological polar surface area (TPSA) is 66.8 Å². The van der Waals surface area contributed by atoms with Crippen LogP contribution in [0.15, 0.2) is 0 Å². The van der Waals surface area contributed by atoms with Crippen molar-refractivity contribution in [2.75, 3.05) is 7.11 Å². The number of aliphatic hydroxyl groups excluding tert-OH is 2. The Hall–Kier alpha value is -1.74. The van der Waals surface area contributed by atoms with E-state index in [4.69, 9.17) is 0 Å². The number of methoxy groups -OCH3 is 1. The monoisotopic (exact) mass is 300 g/mol. The summed E-state index contributed by atoms with van der Waals surface area (Å²) in [5.41, 5.74) is -1.61. The molecule has 1 rings (SSSR count). The van der Waals surface area contributed by atoms with Gasteiger partial charge in [-0.25, -0.2) is 22.0 Å². The van der Waals surface area contributed by atoms with Gasteiger partial charge in [0.2, 0.25) is 5.82 Å². The molecule has 0 bridgehead atoms. The van der Waals surface area contributed by atoms with Crippen molar-refractivity contribution in [3.63, 3.8) is 0 Å². The highest BCUT2D eigenvalue weighted by molar-refractivity contribution is 5.69. The SMILES string of the molecule is COC(=O)CC(O)C(O)c1c(F)c(F)c(F)c(F)c1F. The summed E-state index contributed by atoms with van der Waals surface area (Å²) < 4.78 is 69.4. The number of esters is 1. The van der Waals surface area contributed by atoms with Gasteiger partial charge in [0.05, 0.1) is 25.2 Å². The second-order valence-corrected chi connectivity index (χ2v) is 3.78. The summed E-state index contributed by atoms with van der Waals surface area (Å²) in [6, 6.07) is 0. The molecular weight excluding hydrogens is 291 g/mol. The van der Waals surface area contributed by atoms with Crippen LogP contribution in [0.3, 0.4) is 0 Å². The molecule has 20 heavy (non-hydrogen) atoms. The number of hydrogen-bond donors (Lipinski definition) is 2. The summed E-state index contributed by atoms with van der Waals surface area (Å²) in [4.78, 5) is 10.8. The lowest BCUT2D eigenvalue weighted by molar-refractivity contribution is -0.144. The van der Waals surface area contributed by atoms with Crippen LogP contribution in [0, 0.1) is 29.1 Å². The lowest BCUT2D eigenvalue weighted by atomic mass is 10.00. The van der Waals surface area contributed by atoms with Crippen LogP contribution in [-0.2, 0) is 9.53 Å². The molecular formula is C11H9F5O4. The van der Waals surface area contributed by atoms with Crippen molar-refractivity contribution in [3.8, 4) is 0 Å². The van der Waals surface area contributed by atoms with Crippen LogP contribution in [-0.4, -0.2) is 29.4 Å². The second-order valence-electron chi connectivity index (χ2n) is 3.78. The van der Waals surface area contributed by atoms with Crippen LogP contribution in [0.2, 0.25) is 0 Å². The summed E-state index contributed by atoms with van der Waals surface area (Å²) >= 11 is 0. The predicted octanol–water partition coefficient (Wildman–Crippen LogP) is 1.34. The number of hydrogen-bond acceptors (Lipinski definition) is 4. The van der Waals surface area contributed by atoms with Gasteiger partial charge in [0, 0.05) is 0 Å². The van der Waals surface area contributed by atoms with Crippen LogP contribution in [0.5, 0.6) is 0 Å². The van der Waals surface area contributed by atoms with Crippen LogP contribution >= 0.6 is 0 Å². The van der Waals surface area contributed by atoms with E-state index in [-0.39, 0.29) is 0 Å². The van der Waals surface area contributed by atoms with E-state index in [9.17, 15) is 37.0 Å². The van der Waals surface area contributed by atoms with Crippen molar-refractivity contribution >= 4 is 5.97 Å². The number of benzene rings is 1. The van der Waals surface area contributed by atoms with Crippen LogP contribution in [0.1, 0.15) is 18.1 Å². The molecule has 0 heterocycles. The second kappa shape index (κ2) is 6.14. The zero-order chi connectivity index (χ0) is 15.6. The van der Waals surface area contributed by atoms with Crippen molar-refractivity contribution in [2.24, 2.45) is 0 Å². The normalized spacial score (nSPS) is 14.0. The summed E-state index contributed by atoms with van der Waals surface area (Å²) in [6.07, 6.45) is -5.48. The van der Waals surface area contributed by atoms with E-state index in [2.05, 4.69) is 4.74 Å². The maximum atomic E-state index is 13.3. The number of aliphatic hydroxyl groups is 2. The minimum absolute atomic E-state index is 0.892. The zero-order valence-electron chi connectivity index (χ0n) is 9.96. The molecule has 1 aromatic rings. The molecule has 1 aromatic carbocycles. The van der Waals surface area contributed by atoms with E-state index in [1.807, 2.05) is 0 Å². The van der Waals surface area contributed by atoms with E-state index < -0.39 is 59.2 Å². The van der Waals surface area contributed by atoms with Crippen molar-refractivity contribution in [3.05, 3.63) is 34.6 Å². The molecule has 2 N–H and O–H groups in total. The molecule has 112 valence electrons. The van der Waals surface area contributed by atoms with Gasteiger partial charge in [-0.3, -0.25) is 4.79 Å². The van der Waals surface area contributed by atoms with Gasteiger partial charge >= 0.3 is 5.97 Å². The van der Waals surface area contributed by atoms with Gasteiger partial charge in [0.25, 0.3) is 0 Å². The first-order valence-electron chi connectivity index (χ1n) is 5.16. The van der Waals surface area contributed by atoms with Gasteiger partial charge in [0.1, 0.15) is 6.10 Å². The van der Waals surface area contributed by atoms with Crippen molar-refractivity contribution < 1.29 is 41.7 Å². The summed E-state index contributed by atoms with van der Waals surface area (Å²) in [6.45, 7) is 0. The minimum atomic E-state index is -2.49. The van der Waals surface area contributed by atoms with Crippen molar-refractivity contribution in [1.82, 2.24) is 0 Å². The fourth-order valence-electron chi connectivity index (χ4n) is 1.44. The smallest absolute Gasteiger partial charge is 0.308 e. The zero-order valence-corrected chi connectivity index (χ0v) is 9.96. The first kappa shape index (κ1) is 16.3. The molecule has 2 atom stereocenters. The quantitative estimate of drug-likeness (QED) is 0.381. The Balaban J connectivity index is 3.23. The van der Waals surface area contributed by atoms with Gasteiger partial charge in [-0.1, -0.05) is 0 Å². The molecule has 4 nitrogen and oxygen atoms in total. The van der Waals surface area contributed by atoms with E-state index in [0.29, 0.717) is 0 Å². The van der Waals surface area contributed by atoms with Gasteiger partial charge < -0.3 is 14.9 Å². The van der Waals surface area contributed by atoms with E-state index in [1.54, 1.807) is 0 Å². The van der Waals surface area contributed by atoms with Crippen LogP contribution in [0.25, 0.3) is 0 Å². The van der Waals surface area contributed by atoms with E-state index in [0.717, 1.165) is 7.11 Å². The maximum absolute atomic E-state index is 13.3. The highest BCUT2D eigenvalue weighted by Gasteiger charge is 2.33. The molecule has 0 radical (unpaired) electrons. The summed E-state index contributed by atoms with van der Waals surface area (Å²) in [5.74, 6) is -12.5. The average Bonchev–Trinajstić information content (AvgIpc) is 2.42. The third-order valence-electron chi connectivity index (χ3n) is 2.51. The molecule has 0 saturated carbocycles. The molecule has 0 amide bonds. The Morgan fingerprint density at radius 3 is 1.80 bits per heavy atom. The Morgan fingerprint density at radius 2 is 1.40 bits per heavy atom. The molecule has 0 aliphatic heterocycles. The first-order valence-corrected chi connectivity index (χ1v) is 5.16. The predicted molar refractivity (Wildman–Crippen MR) is 53.8 cm³/mol. The number of rotatable bonds is 4. The molecule has 0 aromatic heterocycles. The van der Waals surface area contributed by atoms with Crippen LogP contribution in [0.4, 0.5) is 22.0 Å². The molecule has 0 aliphatic carbocycles. The summed E-state index contributed by atoms with van der Waals surface area (Å²) in [7, 11) is 0.944. The molecule has 0 spiro atoms. The van der Waals surface area contributed by atoms with Gasteiger partial charge in [-0.15, -0.1) is 0 Å². The number of halogens is 5. The average molecular weight is 300 g/mol. The van der Waals surface area contributed by atoms with E-state index in [1.165, 1.54) is 0 Å². The Morgan fingerprint density at radius 1 is 1.00 bits per heavy atom. The Labute approximate surface area is 109 Å². The molecule has 0 aliphatic rings. The highest BCUT2D eigenvalue weighted by atomic mass is 19.2. The molecule has 2 unspecified atom stereocenters. The van der Waals surface area contributed by atoms with Gasteiger partial charge in [-0.2, -0.15) is 0 Å². The highest BCUT2D eigenvalue weighted by Crippen LogP contribution is 2.30. The lowest BCUT2D eigenvalue weighted by Crippen LogP contribution is -2.25. The largest absolute Gasteiger partial charge is 0.469 e.